The lowest BCUT2D eigenvalue weighted by atomic mass is 10.0. The van der Waals surface area contributed by atoms with E-state index >= 15 is 0 Å². The molecule has 6 rings (SSSR count). The predicted octanol–water partition coefficient (Wildman–Crippen LogP) is 14.7. The highest BCUT2D eigenvalue weighted by molar-refractivity contribution is 5.93. The first-order chi connectivity index (χ1) is 29.2. The summed E-state index contributed by atoms with van der Waals surface area (Å²) in [5, 5.41) is 0.455. The Kier molecular flexibility index (Phi) is 17.8. The molecule has 0 aliphatic carbocycles. The van der Waals surface area contributed by atoms with E-state index in [0.29, 0.717) is 41.3 Å². The number of unbranched alkanes of at least 4 members (excludes halogenated alkanes) is 14. The highest BCUT2D eigenvalue weighted by atomic mass is 16.5. The van der Waals surface area contributed by atoms with Crippen LogP contribution in [0.1, 0.15) is 120 Å². The quantitative estimate of drug-likeness (QED) is 0.0514. The molecule has 1 heterocycles. The average Bonchev–Trinajstić information content (AvgIpc) is 3.28. The summed E-state index contributed by atoms with van der Waals surface area (Å²) in [5.41, 5.74) is 5.11. The van der Waals surface area contributed by atoms with Crippen molar-refractivity contribution in [2.75, 3.05) is 0 Å². The van der Waals surface area contributed by atoms with Crippen molar-refractivity contribution in [3.8, 4) is 28.5 Å². The van der Waals surface area contributed by atoms with Gasteiger partial charge in [0, 0.05) is 23.9 Å². The number of allylic oxidation sites excluding steroid dienone is 1. The van der Waals surface area contributed by atoms with Crippen LogP contribution >= 0.6 is 0 Å². The van der Waals surface area contributed by atoms with Gasteiger partial charge in [-0.3, -0.25) is 4.79 Å². The minimum Gasteiger partial charge on any atom is -0.489 e. The molecule has 0 radical (unpaired) electrons. The largest absolute Gasteiger partial charge is 0.489 e. The lowest BCUT2D eigenvalue weighted by Gasteiger charge is -2.21. The Labute approximate surface area is 352 Å². The van der Waals surface area contributed by atoms with Crippen LogP contribution in [0.5, 0.6) is 17.2 Å². The van der Waals surface area contributed by atoms with Crippen molar-refractivity contribution in [3.63, 3.8) is 0 Å². The summed E-state index contributed by atoms with van der Waals surface area (Å²) in [5.74, 6) is 1.36. The van der Waals surface area contributed by atoms with Crippen LogP contribution in [0.15, 0.2) is 144 Å². The Morgan fingerprint density at radius 3 is 1.49 bits per heavy atom. The normalized spacial score (nSPS) is 11.3. The van der Waals surface area contributed by atoms with Crippen molar-refractivity contribution < 1.29 is 14.2 Å². The van der Waals surface area contributed by atoms with Crippen LogP contribution < -0.4 is 19.6 Å². The molecule has 0 amide bonds. The molecule has 5 nitrogen and oxygen atoms in total. The summed E-state index contributed by atoms with van der Waals surface area (Å²) in [6.45, 7) is 3.22. The summed E-state index contributed by atoms with van der Waals surface area (Å²) in [6.07, 6.45) is 24.0. The number of pyridine rings is 1. The zero-order valence-corrected chi connectivity index (χ0v) is 35.2. The molecular weight excluding hydrogens is 727 g/mol. The molecule has 0 fully saturated rings. The zero-order valence-electron chi connectivity index (χ0n) is 35.2. The Hall–Kier alpha value is -5.55. The number of rotatable bonds is 26. The van der Waals surface area contributed by atoms with Gasteiger partial charge in [0.1, 0.15) is 31.3 Å². The van der Waals surface area contributed by atoms with Gasteiger partial charge in [-0.15, -0.1) is 0 Å². The second-order valence-corrected chi connectivity index (χ2v) is 15.7. The highest BCUT2D eigenvalue weighted by Gasteiger charge is 2.23. The maximum atomic E-state index is 15.0. The fourth-order valence-corrected chi connectivity index (χ4v) is 7.64. The van der Waals surface area contributed by atoms with E-state index < -0.39 is 0 Å². The third-order valence-electron chi connectivity index (χ3n) is 10.9. The summed E-state index contributed by atoms with van der Waals surface area (Å²) in [7, 11) is 0. The van der Waals surface area contributed by atoms with Crippen molar-refractivity contribution >= 4 is 17.1 Å². The van der Waals surface area contributed by atoms with Gasteiger partial charge in [-0.2, -0.15) is 0 Å². The Balaban J connectivity index is 1.28. The lowest BCUT2D eigenvalue weighted by Crippen LogP contribution is -2.16. The molecule has 1 aromatic heterocycles. The van der Waals surface area contributed by atoms with Crippen molar-refractivity contribution in [1.82, 2.24) is 4.57 Å². The third kappa shape index (κ3) is 13.5. The van der Waals surface area contributed by atoms with E-state index in [1.165, 1.54) is 83.5 Å². The molecule has 0 saturated carbocycles. The molecule has 6 aromatic rings. The molecule has 0 aliphatic rings. The van der Waals surface area contributed by atoms with Gasteiger partial charge >= 0.3 is 0 Å². The van der Waals surface area contributed by atoms with Crippen LogP contribution in [0.2, 0.25) is 0 Å². The van der Waals surface area contributed by atoms with Gasteiger partial charge in [-0.1, -0.05) is 218 Å². The average molecular weight is 790 g/mol. The maximum Gasteiger partial charge on any atom is 0.235 e. The van der Waals surface area contributed by atoms with Gasteiger partial charge in [-0.05, 0) is 29.5 Å². The molecule has 0 saturated heterocycles. The van der Waals surface area contributed by atoms with Crippen LogP contribution in [0.25, 0.3) is 28.4 Å². The number of nitrogens with zero attached hydrogens (tertiary/aromatic N) is 1. The summed E-state index contributed by atoms with van der Waals surface area (Å²) in [4.78, 5) is 15.0. The minimum absolute atomic E-state index is 0.218. The third-order valence-corrected chi connectivity index (χ3v) is 10.9. The molecule has 59 heavy (non-hydrogen) atoms. The minimum atomic E-state index is -0.218. The molecule has 5 heteroatoms. The van der Waals surface area contributed by atoms with E-state index in [1.54, 1.807) is 0 Å². The van der Waals surface area contributed by atoms with Crippen molar-refractivity contribution in [3.05, 3.63) is 166 Å². The van der Waals surface area contributed by atoms with Crippen molar-refractivity contribution in [2.24, 2.45) is 0 Å². The predicted molar refractivity (Wildman–Crippen MR) is 246 cm³/mol. The lowest BCUT2D eigenvalue weighted by molar-refractivity contribution is 0.291. The first-order valence-electron chi connectivity index (χ1n) is 22.2. The Morgan fingerprint density at radius 2 is 0.966 bits per heavy atom. The van der Waals surface area contributed by atoms with E-state index in [4.69, 9.17) is 14.2 Å². The smallest absolute Gasteiger partial charge is 0.235 e. The van der Waals surface area contributed by atoms with E-state index in [0.717, 1.165) is 35.1 Å². The fourth-order valence-electron chi connectivity index (χ4n) is 7.64. The number of fused-ring (bicyclic) bond motifs is 1. The molecule has 0 atom stereocenters. The van der Waals surface area contributed by atoms with Crippen molar-refractivity contribution in [2.45, 2.75) is 123 Å². The monoisotopic (exact) mass is 789 g/mol. The van der Waals surface area contributed by atoms with Crippen LogP contribution in [-0.4, -0.2) is 4.57 Å². The molecule has 0 spiro atoms. The second-order valence-electron chi connectivity index (χ2n) is 15.7. The summed E-state index contributed by atoms with van der Waals surface area (Å²) < 4.78 is 21.7. The molecule has 0 bridgehead atoms. The van der Waals surface area contributed by atoms with Gasteiger partial charge in [-0.25, -0.2) is 0 Å². The zero-order chi connectivity index (χ0) is 40.7. The van der Waals surface area contributed by atoms with Gasteiger partial charge in [0.15, 0.2) is 5.75 Å². The van der Waals surface area contributed by atoms with Crippen LogP contribution in [0, 0.1) is 0 Å². The summed E-state index contributed by atoms with van der Waals surface area (Å²) >= 11 is 0. The van der Waals surface area contributed by atoms with Crippen LogP contribution in [0.3, 0.4) is 0 Å². The standard InChI is InChI=1S/C54H63NO4/c1-2-3-4-5-6-7-8-9-10-11-12-13-14-15-16-29-38-55-49-39-48(57-41-44-30-21-17-22-31-44)40-50(58-42-45-32-23-18-24-33-45)51(49)53(56)54(52(55)47-36-27-20-28-37-47)59-43-46-34-25-19-26-35-46/h17-40H,2-16,41-43H2,1H3. The highest BCUT2D eigenvalue weighted by Crippen LogP contribution is 2.38. The van der Waals surface area contributed by atoms with Gasteiger partial charge < -0.3 is 18.8 Å². The SMILES string of the molecule is CCCCCCCCCCCCCCCCC=Cn1c(-c2ccccc2)c(OCc2ccccc2)c(=O)c2c(OCc3ccccc3)cc(OCc3ccccc3)cc21. The molecular formula is C54H63NO4. The number of hydrogen-bond acceptors (Lipinski definition) is 4. The molecule has 0 N–H and O–H groups in total. The van der Waals surface area contributed by atoms with E-state index in [-0.39, 0.29) is 17.8 Å². The van der Waals surface area contributed by atoms with Gasteiger partial charge in [0.2, 0.25) is 5.43 Å². The number of benzene rings is 5. The van der Waals surface area contributed by atoms with E-state index in [2.05, 4.69) is 23.8 Å². The maximum absolute atomic E-state index is 15.0. The second kappa shape index (κ2) is 24.4. The first-order valence-corrected chi connectivity index (χ1v) is 22.2. The topological polar surface area (TPSA) is 49.7 Å². The van der Waals surface area contributed by atoms with Gasteiger partial charge in [0.05, 0.1) is 16.6 Å². The number of aromatic nitrogens is 1. The first kappa shape index (κ1) is 43.0. The van der Waals surface area contributed by atoms with E-state index in [9.17, 15) is 4.79 Å². The molecule has 0 unspecified atom stereocenters. The summed E-state index contributed by atoms with van der Waals surface area (Å²) in [6, 6.07) is 44.0. The number of ether oxygens (including phenoxy) is 3. The van der Waals surface area contributed by atoms with Crippen molar-refractivity contribution in [1.29, 1.82) is 0 Å². The van der Waals surface area contributed by atoms with Gasteiger partial charge in [0.25, 0.3) is 0 Å². The molecule has 0 aliphatic heterocycles. The molecule has 308 valence electrons. The Bertz CT molecular complexity index is 2180. The Morgan fingerprint density at radius 1 is 0.508 bits per heavy atom. The molecule has 5 aromatic carbocycles. The fraction of sp³-hybridized carbons (Fsp3) is 0.352. The van der Waals surface area contributed by atoms with Crippen LogP contribution in [0.4, 0.5) is 0 Å². The number of hydrogen-bond donors (Lipinski definition) is 0. The van der Waals surface area contributed by atoms with E-state index in [1.807, 2.05) is 133 Å². The van der Waals surface area contributed by atoms with Crippen LogP contribution in [-0.2, 0) is 19.8 Å².